The van der Waals surface area contributed by atoms with Crippen LogP contribution < -0.4 is 0 Å². The Labute approximate surface area is 168 Å². The Balaban J connectivity index is 1.77. The largest absolute Gasteiger partial charge is 0.125 e. The molecular weight excluding hydrogens is 464 g/mol. The summed E-state index contributed by atoms with van der Waals surface area (Å²) in [5.41, 5.74) is 1.37. The molecule has 0 radical (unpaired) electrons. The fourth-order valence-corrected chi connectivity index (χ4v) is 5.77. The maximum absolute atomic E-state index is 3.57. The van der Waals surface area contributed by atoms with Crippen molar-refractivity contribution in [2.24, 2.45) is 0 Å². The molecule has 0 aliphatic carbocycles. The van der Waals surface area contributed by atoms with Gasteiger partial charge in [-0.05, 0) is 42.0 Å². The molecule has 1 atom stereocenters. The van der Waals surface area contributed by atoms with Gasteiger partial charge in [-0.25, -0.2) is 0 Å². The average molecular weight is 480 g/mol. The minimum absolute atomic E-state index is 0.407. The lowest BCUT2D eigenvalue weighted by atomic mass is 10.2. The fraction of sp³-hybridized carbons (Fsp3) is 0.100. The second-order valence-corrected chi connectivity index (χ2v) is 9.44. The van der Waals surface area contributed by atoms with Crippen LogP contribution >= 0.6 is 55.4 Å². The number of hydrogen-bond donors (Lipinski definition) is 0. The molecule has 4 heteroatoms. The highest BCUT2D eigenvalue weighted by Crippen LogP contribution is 2.40. The van der Waals surface area contributed by atoms with Crippen molar-refractivity contribution in [3.05, 3.63) is 93.4 Å². The topological polar surface area (TPSA) is 0 Å². The molecule has 3 aromatic carbocycles. The lowest BCUT2D eigenvalue weighted by Crippen LogP contribution is -1.97. The maximum Gasteiger partial charge on any atom is 0.0438 e. The van der Waals surface area contributed by atoms with E-state index in [2.05, 4.69) is 111 Å². The number of rotatable bonds is 6. The minimum Gasteiger partial charge on any atom is -0.125 e. The van der Waals surface area contributed by atoms with Crippen molar-refractivity contribution in [1.82, 2.24) is 0 Å². The van der Waals surface area contributed by atoms with Crippen molar-refractivity contribution >= 4 is 55.4 Å². The quantitative estimate of drug-likeness (QED) is 0.330. The van der Waals surface area contributed by atoms with E-state index in [-0.39, 0.29) is 0 Å². The third kappa shape index (κ3) is 5.41. The molecule has 0 amide bonds. The Morgan fingerprint density at radius 1 is 0.708 bits per heavy atom. The Morgan fingerprint density at radius 2 is 1.33 bits per heavy atom. The van der Waals surface area contributed by atoms with Crippen LogP contribution in [0.2, 0.25) is 0 Å². The maximum atomic E-state index is 3.57. The molecule has 0 bridgehead atoms. The first kappa shape index (κ1) is 18.1. The second kappa shape index (κ2) is 9.14. The number of halogens is 2. The van der Waals surface area contributed by atoms with E-state index in [0.717, 1.165) is 14.7 Å². The van der Waals surface area contributed by atoms with Crippen LogP contribution in [-0.2, 0) is 0 Å². The summed E-state index contributed by atoms with van der Waals surface area (Å²) in [6.07, 6.45) is 0. The van der Waals surface area contributed by atoms with Crippen LogP contribution in [-0.4, -0.2) is 5.75 Å². The Kier molecular flexibility index (Phi) is 6.90. The molecule has 0 aliphatic rings. The molecule has 1 unspecified atom stereocenters. The Morgan fingerprint density at radius 3 is 2.00 bits per heavy atom. The highest BCUT2D eigenvalue weighted by molar-refractivity contribution is 9.10. The molecular formula is C20H16Br2S2. The molecule has 0 heterocycles. The highest BCUT2D eigenvalue weighted by Gasteiger charge is 2.14. The molecule has 0 spiro atoms. The van der Waals surface area contributed by atoms with Gasteiger partial charge < -0.3 is 0 Å². The molecule has 0 saturated carbocycles. The van der Waals surface area contributed by atoms with Crippen molar-refractivity contribution in [2.75, 3.05) is 5.75 Å². The molecule has 0 nitrogen and oxygen atoms in total. The van der Waals surface area contributed by atoms with E-state index in [4.69, 9.17) is 0 Å². The molecule has 0 aromatic heterocycles. The van der Waals surface area contributed by atoms with Gasteiger partial charge in [-0.3, -0.25) is 0 Å². The highest BCUT2D eigenvalue weighted by atomic mass is 79.9. The van der Waals surface area contributed by atoms with E-state index < -0.39 is 0 Å². The first-order chi connectivity index (χ1) is 11.7. The monoisotopic (exact) mass is 478 g/mol. The van der Waals surface area contributed by atoms with E-state index in [1.165, 1.54) is 15.4 Å². The van der Waals surface area contributed by atoms with Gasteiger partial charge in [0, 0.05) is 29.7 Å². The standard InChI is InChI=1S/C20H16Br2S2/c21-16-8-4-10-18(12-16)23-14-20(15-6-2-1-3-7-15)24-19-11-5-9-17(22)13-19/h1-13,20H,14H2. The predicted octanol–water partition coefficient (Wildman–Crippen LogP) is 7.84. The van der Waals surface area contributed by atoms with Crippen LogP contribution in [0.3, 0.4) is 0 Å². The van der Waals surface area contributed by atoms with Crippen LogP contribution in [0.15, 0.2) is 97.6 Å². The summed E-state index contributed by atoms with van der Waals surface area (Å²) in [7, 11) is 0. The van der Waals surface area contributed by atoms with Crippen molar-refractivity contribution in [1.29, 1.82) is 0 Å². The average Bonchev–Trinajstić information content (AvgIpc) is 2.59. The summed E-state index contributed by atoms with van der Waals surface area (Å²) in [4.78, 5) is 2.58. The molecule has 0 saturated heterocycles. The van der Waals surface area contributed by atoms with Crippen LogP contribution in [0.4, 0.5) is 0 Å². The molecule has 3 rings (SSSR count). The van der Waals surface area contributed by atoms with E-state index in [1.54, 1.807) is 0 Å². The lowest BCUT2D eigenvalue weighted by Gasteiger charge is -2.17. The molecule has 3 aromatic rings. The van der Waals surface area contributed by atoms with E-state index in [0.29, 0.717) is 5.25 Å². The van der Waals surface area contributed by atoms with Gasteiger partial charge in [-0.2, -0.15) is 0 Å². The summed E-state index contributed by atoms with van der Waals surface area (Å²) in [6, 6.07) is 27.8. The van der Waals surface area contributed by atoms with Crippen molar-refractivity contribution in [3.63, 3.8) is 0 Å². The van der Waals surface area contributed by atoms with Gasteiger partial charge in [-0.15, -0.1) is 23.5 Å². The minimum atomic E-state index is 0.407. The second-order valence-electron chi connectivity index (χ2n) is 5.24. The fourth-order valence-electron chi connectivity index (χ4n) is 2.30. The van der Waals surface area contributed by atoms with Gasteiger partial charge in [-0.1, -0.05) is 74.3 Å². The van der Waals surface area contributed by atoms with E-state index in [1.807, 2.05) is 23.5 Å². The molecule has 122 valence electrons. The molecule has 24 heavy (non-hydrogen) atoms. The van der Waals surface area contributed by atoms with Crippen LogP contribution in [0, 0.1) is 0 Å². The van der Waals surface area contributed by atoms with Gasteiger partial charge in [0.25, 0.3) is 0 Å². The third-order valence-corrected chi connectivity index (χ3v) is 6.98. The van der Waals surface area contributed by atoms with E-state index >= 15 is 0 Å². The smallest absolute Gasteiger partial charge is 0.0438 e. The van der Waals surface area contributed by atoms with Gasteiger partial charge in [0.05, 0.1) is 0 Å². The van der Waals surface area contributed by atoms with Gasteiger partial charge in [0.1, 0.15) is 0 Å². The van der Waals surface area contributed by atoms with Gasteiger partial charge in [0.15, 0.2) is 0 Å². The Hall–Kier alpha value is -0.680. The normalized spacial score (nSPS) is 12.1. The summed E-state index contributed by atoms with van der Waals surface area (Å²) >= 11 is 10.9. The van der Waals surface area contributed by atoms with Gasteiger partial charge in [0.2, 0.25) is 0 Å². The van der Waals surface area contributed by atoms with Crippen LogP contribution in [0.1, 0.15) is 10.8 Å². The van der Waals surface area contributed by atoms with Crippen molar-refractivity contribution in [2.45, 2.75) is 15.0 Å². The summed E-state index contributed by atoms with van der Waals surface area (Å²) in [5.74, 6) is 1.03. The number of hydrogen-bond acceptors (Lipinski definition) is 2. The van der Waals surface area contributed by atoms with Crippen molar-refractivity contribution in [3.8, 4) is 0 Å². The van der Waals surface area contributed by atoms with E-state index in [9.17, 15) is 0 Å². The number of benzene rings is 3. The summed E-state index contributed by atoms with van der Waals surface area (Å²) < 4.78 is 2.25. The van der Waals surface area contributed by atoms with Crippen molar-refractivity contribution < 1.29 is 0 Å². The zero-order valence-corrected chi connectivity index (χ0v) is 17.7. The third-order valence-electron chi connectivity index (χ3n) is 3.44. The SMILES string of the molecule is Brc1cccc(SCC(Sc2cccc(Br)c2)c2ccccc2)c1. The predicted molar refractivity (Wildman–Crippen MR) is 114 cm³/mol. The summed E-state index contributed by atoms with van der Waals surface area (Å²) in [5, 5.41) is 0.407. The van der Waals surface area contributed by atoms with Crippen LogP contribution in [0.25, 0.3) is 0 Å². The van der Waals surface area contributed by atoms with Crippen LogP contribution in [0.5, 0.6) is 0 Å². The summed E-state index contributed by atoms with van der Waals surface area (Å²) in [6.45, 7) is 0. The first-order valence-electron chi connectivity index (χ1n) is 7.56. The zero-order chi connectivity index (χ0) is 16.8. The lowest BCUT2D eigenvalue weighted by molar-refractivity contribution is 1.11. The zero-order valence-electron chi connectivity index (χ0n) is 12.9. The van der Waals surface area contributed by atoms with Gasteiger partial charge >= 0.3 is 0 Å². The first-order valence-corrected chi connectivity index (χ1v) is 11.0. The Bertz CT molecular complexity index is 790. The molecule has 0 aliphatic heterocycles. The molecule has 0 fully saturated rings. The number of thioether (sulfide) groups is 2. The molecule has 0 N–H and O–H groups in total.